The van der Waals surface area contributed by atoms with Crippen LogP contribution >= 0.6 is 0 Å². The lowest BCUT2D eigenvalue weighted by Gasteiger charge is -2.20. The average Bonchev–Trinajstić information content (AvgIpc) is 3.01. The van der Waals surface area contributed by atoms with Gasteiger partial charge in [-0.2, -0.15) is 0 Å². The number of para-hydroxylation sites is 1. The third-order valence-corrected chi connectivity index (χ3v) is 6.58. The molecular formula is C21H19N2O5S-. The minimum Gasteiger partial charge on any atom is -0.860 e. The third kappa shape index (κ3) is 3.69. The number of nitrogens with one attached hydrogen (secondary N) is 1. The molecule has 0 radical (unpaired) electrons. The number of benzene rings is 2. The second kappa shape index (κ2) is 7.97. The predicted molar refractivity (Wildman–Crippen MR) is 106 cm³/mol. The molecule has 29 heavy (non-hydrogen) atoms. The Bertz CT molecular complexity index is 1190. The number of carbonyl (C=O) groups is 1. The van der Waals surface area contributed by atoms with E-state index in [1.54, 1.807) is 50.2 Å². The van der Waals surface area contributed by atoms with Gasteiger partial charge in [-0.3, -0.25) is 9.64 Å². The number of H-pyrrole nitrogens is 1. The van der Waals surface area contributed by atoms with Gasteiger partial charge in [0.15, 0.2) is 5.92 Å². The van der Waals surface area contributed by atoms with E-state index in [0.717, 1.165) is 5.56 Å². The molecule has 1 N–H and O–H groups in total. The minimum absolute atomic E-state index is 0.0127. The summed E-state index contributed by atoms with van der Waals surface area (Å²) in [5.74, 6) is -3.12. The molecular weight excluding hydrogens is 392 g/mol. The maximum Gasteiger partial charge on any atom is 0.342 e. The fourth-order valence-electron chi connectivity index (χ4n) is 3.25. The van der Waals surface area contributed by atoms with Gasteiger partial charge in [0, 0.05) is 10.9 Å². The summed E-state index contributed by atoms with van der Waals surface area (Å²) >= 11 is 0. The van der Waals surface area contributed by atoms with Crippen LogP contribution in [0.1, 0.15) is 24.0 Å². The van der Waals surface area contributed by atoms with Gasteiger partial charge in [-0.1, -0.05) is 35.9 Å². The van der Waals surface area contributed by atoms with Crippen LogP contribution in [0.3, 0.4) is 0 Å². The molecule has 8 heteroatoms. The van der Waals surface area contributed by atoms with E-state index >= 15 is 0 Å². The van der Waals surface area contributed by atoms with Crippen molar-refractivity contribution in [3.05, 3.63) is 71.1 Å². The summed E-state index contributed by atoms with van der Waals surface area (Å²) in [6, 6.07) is 12.6. The first-order chi connectivity index (χ1) is 13.8. The Morgan fingerprint density at radius 1 is 1.21 bits per heavy atom. The van der Waals surface area contributed by atoms with E-state index in [9.17, 15) is 18.3 Å². The molecule has 150 valence electrons. The fourth-order valence-corrected chi connectivity index (χ4v) is 4.79. The number of esters is 1. The normalized spacial score (nSPS) is 13.6. The number of ether oxygens (including phenoxy) is 1. The molecule has 0 saturated heterocycles. The molecule has 7 nitrogen and oxygen atoms in total. The molecule has 2 aromatic carbocycles. The molecule has 0 spiro atoms. The highest BCUT2D eigenvalue weighted by molar-refractivity contribution is 7.92. The molecule has 1 heterocycles. The Kier molecular flexibility index (Phi) is 5.62. The standard InChI is InChI=1S/C21H20N2O5S/c1-4-28-21(25)18(17-15-7-5-6-8-16(15)23-19(17)24)20(22-3)29(26,27)14-11-9-13(2)10-12-14/h5-12,18,20,23-24H,4H2,1-2H3/p-1. The van der Waals surface area contributed by atoms with Crippen molar-refractivity contribution in [3.8, 4) is 5.88 Å². The molecule has 0 aliphatic rings. The third-order valence-electron chi connectivity index (χ3n) is 4.64. The van der Waals surface area contributed by atoms with Crippen LogP contribution in [0.5, 0.6) is 5.88 Å². The number of hydrogen-bond donors (Lipinski definition) is 1. The van der Waals surface area contributed by atoms with Gasteiger partial charge in [0.05, 0.1) is 11.5 Å². The zero-order valence-electron chi connectivity index (χ0n) is 15.9. The lowest BCUT2D eigenvalue weighted by atomic mass is 9.97. The quantitative estimate of drug-likeness (QED) is 0.496. The first-order valence-corrected chi connectivity index (χ1v) is 10.5. The van der Waals surface area contributed by atoms with Gasteiger partial charge < -0.3 is 14.8 Å². The van der Waals surface area contributed by atoms with E-state index in [0.29, 0.717) is 10.9 Å². The zero-order valence-corrected chi connectivity index (χ0v) is 16.7. The second-order valence-electron chi connectivity index (χ2n) is 6.52. The van der Waals surface area contributed by atoms with Crippen LogP contribution in [0.25, 0.3) is 15.7 Å². The number of sulfone groups is 1. The number of nitrogens with zero attached hydrogens (tertiary/aromatic N) is 1. The van der Waals surface area contributed by atoms with Crippen LogP contribution in [-0.2, 0) is 19.4 Å². The van der Waals surface area contributed by atoms with Gasteiger partial charge in [0.1, 0.15) is 0 Å². The lowest BCUT2D eigenvalue weighted by Crippen LogP contribution is -2.33. The Labute approximate surface area is 168 Å². The number of rotatable bonds is 6. The van der Waals surface area contributed by atoms with Crippen molar-refractivity contribution in [2.45, 2.75) is 30.0 Å². The van der Waals surface area contributed by atoms with Gasteiger partial charge in [0.25, 0.3) is 9.84 Å². The number of carbonyl (C=O) groups excluding carboxylic acids is 1. The molecule has 2 unspecified atom stereocenters. The first-order valence-electron chi connectivity index (χ1n) is 8.92. The number of aryl methyl sites for hydroxylation is 1. The summed E-state index contributed by atoms with van der Waals surface area (Å²) in [5, 5.41) is 11.2. The topological polar surface area (TPSA) is 104 Å². The van der Waals surface area contributed by atoms with Crippen molar-refractivity contribution in [3.63, 3.8) is 0 Å². The first kappa shape index (κ1) is 20.4. The molecule has 1 aromatic heterocycles. The molecule has 0 fully saturated rings. The van der Waals surface area contributed by atoms with Gasteiger partial charge in [-0.15, -0.1) is 0 Å². The van der Waals surface area contributed by atoms with Gasteiger partial charge in [-0.25, -0.2) is 15.0 Å². The molecule has 3 aromatic rings. The van der Waals surface area contributed by atoms with E-state index in [1.807, 2.05) is 0 Å². The summed E-state index contributed by atoms with van der Waals surface area (Å²) in [5.41, 5.74) is 1.23. The highest BCUT2D eigenvalue weighted by atomic mass is 32.2. The monoisotopic (exact) mass is 411 g/mol. The van der Waals surface area contributed by atoms with E-state index in [2.05, 4.69) is 9.83 Å². The minimum atomic E-state index is -4.25. The molecule has 3 rings (SSSR count). The largest absolute Gasteiger partial charge is 0.860 e. The van der Waals surface area contributed by atoms with Crippen LogP contribution in [0.4, 0.5) is 0 Å². The number of hydrogen-bond acceptors (Lipinski definition) is 5. The Morgan fingerprint density at radius 2 is 1.86 bits per heavy atom. The summed E-state index contributed by atoms with van der Waals surface area (Å²) < 4.78 is 31.5. The van der Waals surface area contributed by atoms with Crippen LogP contribution in [-0.4, -0.2) is 31.4 Å². The van der Waals surface area contributed by atoms with E-state index < -0.39 is 33.0 Å². The van der Waals surface area contributed by atoms with Gasteiger partial charge >= 0.3 is 11.3 Å². The smallest absolute Gasteiger partial charge is 0.342 e. The van der Waals surface area contributed by atoms with Crippen molar-refractivity contribution in [1.82, 2.24) is 4.98 Å². The van der Waals surface area contributed by atoms with Crippen molar-refractivity contribution < 1.29 is 23.1 Å². The van der Waals surface area contributed by atoms with E-state index in [-0.39, 0.29) is 17.1 Å². The van der Waals surface area contributed by atoms with Crippen molar-refractivity contribution >= 4 is 26.7 Å². The fraction of sp³-hybridized carbons (Fsp3) is 0.238. The van der Waals surface area contributed by atoms with Gasteiger partial charge in [0.2, 0.25) is 0 Å². The Hall–Kier alpha value is -3.31. The van der Waals surface area contributed by atoms with E-state index in [1.165, 1.54) is 12.1 Å². The Balaban J connectivity index is 2.22. The number of aromatic amines is 1. The highest BCUT2D eigenvalue weighted by Gasteiger charge is 2.47. The molecule has 0 bridgehead atoms. The predicted octanol–water partition coefficient (Wildman–Crippen LogP) is 2.92. The van der Waals surface area contributed by atoms with Crippen molar-refractivity contribution in [2.24, 2.45) is 0 Å². The average molecular weight is 411 g/mol. The maximum absolute atomic E-state index is 13.2. The molecule has 0 aliphatic carbocycles. The zero-order chi connectivity index (χ0) is 21.2. The molecule has 0 aliphatic heterocycles. The number of fused-ring (bicyclic) bond motifs is 1. The highest BCUT2D eigenvalue weighted by Crippen LogP contribution is 2.39. The van der Waals surface area contributed by atoms with Crippen molar-refractivity contribution in [2.75, 3.05) is 6.61 Å². The maximum atomic E-state index is 13.2. The summed E-state index contributed by atoms with van der Waals surface area (Å²) in [6.45, 7) is 10.9. The lowest BCUT2D eigenvalue weighted by molar-refractivity contribution is -0.275. The summed E-state index contributed by atoms with van der Waals surface area (Å²) in [6.07, 6.45) is 0. The summed E-state index contributed by atoms with van der Waals surface area (Å²) in [7, 11) is -4.25. The summed E-state index contributed by atoms with van der Waals surface area (Å²) in [4.78, 5) is 18.6. The molecule has 0 saturated carbocycles. The van der Waals surface area contributed by atoms with Gasteiger partial charge in [-0.05, 0) is 43.5 Å². The van der Waals surface area contributed by atoms with Crippen LogP contribution < -0.4 is 5.11 Å². The molecule has 0 amide bonds. The second-order valence-corrected chi connectivity index (χ2v) is 8.57. The van der Waals surface area contributed by atoms with Crippen LogP contribution in [0.15, 0.2) is 53.4 Å². The Morgan fingerprint density at radius 3 is 2.48 bits per heavy atom. The van der Waals surface area contributed by atoms with Crippen LogP contribution in [0, 0.1) is 13.5 Å². The van der Waals surface area contributed by atoms with E-state index in [4.69, 9.17) is 11.3 Å². The van der Waals surface area contributed by atoms with Crippen LogP contribution in [0.2, 0.25) is 0 Å². The number of aromatic nitrogens is 1. The van der Waals surface area contributed by atoms with Crippen molar-refractivity contribution in [1.29, 1.82) is 0 Å². The molecule has 2 atom stereocenters. The SMILES string of the molecule is [C-]#[N+]C(C(C(=O)OCC)c1c([O-])[nH]c2ccccc12)S(=O)(=O)c1ccc(C)cc1.